The van der Waals surface area contributed by atoms with Crippen molar-refractivity contribution in [2.24, 2.45) is 0 Å². The zero-order valence-electron chi connectivity index (χ0n) is 14.9. The number of ketones is 1. The maximum absolute atomic E-state index is 13.5. The fourth-order valence-electron chi connectivity index (χ4n) is 2.32. The molecule has 1 aromatic heterocycles. The Morgan fingerprint density at radius 3 is 2.43 bits per heavy atom. The molecule has 1 aromatic carbocycles. The summed E-state index contributed by atoms with van der Waals surface area (Å²) in [6.07, 6.45) is -4.82. The number of hydrogen-bond acceptors (Lipinski definition) is 6. The van der Waals surface area contributed by atoms with Crippen LogP contribution in [0.15, 0.2) is 41.4 Å². The molecule has 0 radical (unpaired) electrons. The van der Waals surface area contributed by atoms with E-state index in [0.29, 0.717) is 17.3 Å². The number of nitriles is 1. The van der Waals surface area contributed by atoms with Crippen molar-refractivity contribution in [3.63, 3.8) is 0 Å². The molecule has 0 saturated carbocycles. The standard InChI is InChI=1S/C19H15F3N2O3S/c1-3-27-18(26)16(11(2)25)28-17-13(10-23)14(19(20,21)22)9-15(24-17)12-7-5-4-6-8-12/h4-9,16H,3H2,1-2H3/t16-/m1/s1. The van der Waals surface area contributed by atoms with Crippen molar-refractivity contribution in [1.82, 2.24) is 4.98 Å². The van der Waals surface area contributed by atoms with Gasteiger partial charge in [-0.25, -0.2) is 4.98 Å². The number of esters is 1. The highest BCUT2D eigenvalue weighted by Gasteiger charge is 2.37. The maximum atomic E-state index is 13.5. The van der Waals surface area contributed by atoms with Gasteiger partial charge in [0, 0.05) is 5.56 Å². The van der Waals surface area contributed by atoms with Crippen LogP contribution < -0.4 is 0 Å². The molecule has 0 spiro atoms. The van der Waals surface area contributed by atoms with Gasteiger partial charge in [-0.15, -0.1) is 0 Å². The summed E-state index contributed by atoms with van der Waals surface area (Å²) in [5.41, 5.74) is -1.55. The molecule has 0 amide bonds. The summed E-state index contributed by atoms with van der Waals surface area (Å²) in [5.74, 6) is -1.52. The minimum atomic E-state index is -4.82. The fourth-order valence-corrected chi connectivity index (χ4v) is 3.30. The van der Waals surface area contributed by atoms with E-state index in [9.17, 15) is 28.0 Å². The topological polar surface area (TPSA) is 80.0 Å². The first-order valence-electron chi connectivity index (χ1n) is 8.10. The molecule has 0 aliphatic rings. The summed E-state index contributed by atoms with van der Waals surface area (Å²) in [6, 6.07) is 10.4. The Hall–Kier alpha value is -2.86. The lowest BCUT2D eigenvalue weighted by molar-refractivity contribution is -0.144. The van der Waals surface area contributed by atoms with Crippen molar-refractivity contribution in [1.29, 1.82) is 5.26 Å². The van der Waals surface area contributed by atoms with Crippen LogP contribution in [0.3, 0.4) is 0 Å². The molecule has 28 heavy (non-hydrogen) atoms. The molecule has 2 rings (SSSR count). The van der Waals surface area contributed by atoms with Crippen LogP contribution in [0.1, 0.15) is 25.0 Å². The molecule has 0 bridgehead atoms. The molecule has 0 fully saturated rings. The van der Waals surface area contributed by atoms with E-state index in [1.807, 2.05) is 0 Å². The highest BCUT2D eigenvalue weighted by Crippen LogP contribution is 2.39. The second kappa shape index (κ2) is 8.89. The number of hydrogen-bond donors (Lipinski definition) is 0. The quantitative estimate of drug-likeness (QED) is 0.404. The third kappa shape index (κ3) is 4.89. The molecule has 146 valence electrons. The van der Waals surface area contributed by atoms with Crippen molar-refractivity contribution < 1.29 is 27.5 Å². The molecule has 1 atom stereocenters. The van der Waals surface area contributed by atoms with Crippen molar-refractivity contribution in [3.8, 4) is 17.3 Å². The van der Waals surface area contributed by atoms with E-state index in [4.69, 9.17) is 4.74 Å². The summed E-state index contributed by atoms with van der Waals surface area (Å²) in [5, 5.41) is 7.53. The highest BCUT2D eigenvalue weighted by molar-refractivity contribution is 8.01. The van der Waals surface area contributed by atoms with Crippen LogP contribution in [0.5, 0.6) is 0 Å². The number of alkyl halides is 3. The predicted molar refractivity (Wildman–Crippen MR) is 96.3 cm³/mol. The van der Waals surface area contributed by atoms with Gasteiger partial charge in [0.25, 0.3) is 0 Å². The summed E-state index contributed by atoms with van der Waals surface area (Å²) >= 11 is 0.477. The van der Waals surface area contributed by atoms with E-state index in [1.54, 1.807) is 30.3 Å². The maximum Gasteiger partial charge on any atom is 0.417 e. The lowest BCUT2D eigenvalue weighted by Crippen LogP contribution is -2.27. The average molecular weight is 408 g/mol. The van der Waals surface area contributed by atoms with Gasteiger partial charge in [0.2, 0.25) is 0 Å². The lowest BCUT2D eigenvalue weighted by atomic mass is 10.1. The van der Waals surface area contributed by atoms with E-state index >= 15 is 0 Å². The zero-order chi connectivity index (χ0) is 20.9. The van der Waals surface area contributed by atoms with Gasteiger partial charge in [-0.05, 0) is 19.9 Å². The number of benzene rings is 1. The number of ether oxygens (including phenoxy) is 1. The minimum absolute atomic E-state index is 0.000431. The summed E-state index contributed by atoms with van der Waals surface area (Å²) in [6.45, 7) is 2.66. The van der Waals surface area contributed by atoms with E-state index in [0.717, 1.165) is 13.0 Å². The summed E-state index contributed by atoms with van der Waals surface area (Å²) in [7, 11) is 0. The Kier molecular flexibility index (Phi) is 6.80. The van der Waals surface area contributed by atoms with Crippen LogP contribution in [-0.2, 0) is 20.5 Å². The van der Waals surface area contributed by atoms with Gasteiger partial charge < -0.3 is 4.74 Å². The van der Waals surface area contributed by atoms with Crippen LogP contribution in [0.25, 0.3) is 11.3 Å². The number of nitrogens with zero attached hydrogens (tertiary/aromatic N) is 2. The molecule has 0 saturated heterocycles. The molecule has 0 unspecified atom stereocenters. The van der Waals surface area contributed by atoms with Crippen LogP contribution in [0.2, 0.25) is 0 Å². The van der Waals surface area contributed by atoms with Crippen LogP contribution in [0, 0.1) is 11.3 Å². The third-order valence-electron chi connectivity index (χ3n) is 3.57. The first-order valence-corrected chi connectivity index (χ1v) is 8.98. The van der Waals surface area contributed by atoms with Crippen LogP contribution >= 0.6 is 11.8 Å². The second-order valence-corrected chi connectivity index (χ2v) is 6.67. The summed E-state index contributed by atoms with van der Waals surface area (Å²) in [4.78, 5) is 28.0. The number of thioether (sulfide) groups is 1. The molecule has 9 heteroatoms. The third-order valence-corrected chi connectivity index (χ3v) is 4.85. The van der Waals surface area contributed by atoms with E-state index < -0.39 is 34.3 Å². The molecule has 5 nitrogen and oxygen atoms in total. The second-order valence-electron chi connectivity index (χ2n) is 5.57. The first kappa shape index (κ1) is 21.4. The fraction of sp³-hybridized carbons (Fsp3) is 0.263. The number of carbonyl (C=O) groups excluding carboxylic acids is 2. The molecule has 0 aliphatic carbocycles. The van der Waals surface area contributed by atoms with Gasteiger partial charge in [-0.2, -0.15) is 18.4 Å². The normalized spacial score (nSPS) is 12.1. The molecule has 0 aliphatic heterocycles. The van der Waals surface area contributed by atoms with Gasteiger partial charge in [0.1, 0.15) is 11.1 Å². The number of pyridine rings is 1. The van der Waals surface area contributed by atoms with E-state index in [-0.39, 0.29) is 17.3 Å². The van der Waals surface area contributed by atoms with E-state index in [2.05, 4.69) is 4.98 Å². The van der Waals surface area contributed by atoms with Gasteiger partial charge in [0.15, 0.2) is 11.0 Å². The van der Waals surface area contributed by atoms with Gasteiger partial charge >= 0.3 is 12.1 Å². The lowest BCUT2D eigenvalue weighted by Gasteiger charge is -2.17. The number of rotatable bonds is 6. The van der Waals surface area contributed by atoms with Crippen molar-refractivity contribution in [2.75, 3.05) is 6.61 Å². The number of halogens is 3. The van der Waals surface area contributed by atoms with Crippen molar-refractivity contribution in [2.45, 2.75) is 30.3 Å². The highest BCUT2D eigenvalue weighted by atomic mass is 32.2. The van der Waals surface area contributed by atoms with Crippen LogP contribution in [-0.4, -0.2) is 28.6 Å². The van der Waals surface area contributed by atoms with Crippen molar-refractivity contribution in [3.05, 3.63) is 47.5 Å². The van der Waals surface area contributed by atoms with E-state index in [1.165, 1.54) is 13.0 Å². The molecule has 2 aromatic rings. The first-order chi connectivity index (χ1) is 13.2. The predicted octanol–water partition coefficient (Wildman–Crippen LogP) is 4.25. The Morgan fingerprint density at radius 2 is 1.93 bits per heavy atom. The number of aromatic nitrogens is 1. The monoisotopic (exact) mass is 408 g/mol. The van der Waals surface area contributed by atoms with Crippen LogP contribution in [0.4, 0.5) is 13.2 Å². The molecular weight excluding hydrogens is 393 g/mol. The van der Waals surface area contributed by atoms with Gasteiger partial charge in [-0.1, -0.05) is 42.1 Å². The summed E-state index contributed by atoms with van der Waals surface area (Å²) < 4.78 is 45.4. The number of carbonyl (C=O) groups is 2. The van der Waals surface area contributed by atoms with Crippen molar-refractivity contribution >= 4 is 23.5 Å². The van der Waals surface area contributed by atoms with Gasteiger partial charge in [-0.3, -0.25) is 9.59 Å². The SMILES string of the molecule is CCOC(=O)[C@H](Sc1nc(-c2ccccc2)cc(C(F)(F)F)c1C#N)C(C)=O. The molecular formula is C19H15F3N2O3S. The smallest absolute Gasteiger partial charge is 0.417 e. The Bertz CT molecular complexity index is 925. The Balaban J connectivity index is 2.66. The average Bonchev–Trinajstić information content (AvgIpc) is 2.65. The minimum Gasteiger partial charge on any atom is -0.465 e. The largest absolute Gasteiger partial charge is 0.465 e. The zero-order valence-corrected chi connectivity index (χ0v) is 15.7. The Morgan fingerprint density at radius 1 is 1.29 bits per heavy atom. The molecule has 1 heterocycles. The Labute approximate surface area is 163 Å². The number of Topliss-reactive ketones (excluding diaryl/α,β-unsaturated/α-hetero) is 1. The molecule has 0 N–H and O–H groups in total. The van der Waals surface area contributed by atoms with Gasteiger partial charge in [0.05, 0.1) is 23.4 Å².